The molecule has 5 heteroatoms. The van der Waals surface area contributed by atoms with Crippen LogP contribution in [0, 0.1) is 0 Å². The lowest BCUT2D eigenvalue weighted by Gasteiger charge is -2.26. The third kappa shape index (κ3) is 2.12. The Morgan fingerprint density at radius 1 is 1.62 bits per heavy atom. The molecular formula is C8H13N3O2. The van der Waals surface area contributed by atoms with Gasteiger partial charge in [0.2, 0.25) is 5.91 Å². The number of rotatable bonds is 2. The fourth-order valence-electron chi connectivity index (χ4n) is 0.944. The third-order valence-corrected chi connectivity index (χ3v) is 2.08. The summed E-state index contributed by atoms with van der Waals surface area (Å²) >= 11 is 0. The molecule has 0 fully saturated rings. The summed E-state index contributed by atoms with van der Waals surface area (Å²) in [5.41, 5.74) is 5.09. The van der Waals surface area contributed by atoms with Crippen LogP contribution in [0.25, 0.3) is 0 Å². The van der Waals surface area contributed by atoms with Crippen LogP contribution in [-0.2, 0) is 9.59 Å². The van der Waals surface area contributed by atoms with Gasteiger partial charge >= 0.3 is 0 Å². The molecule has 2 amide bonds. The van der Waals surface area contributed by atoms with Gasteiger partial charge in [0.1, 0.15) is 12.3 Å². The number of aliphatic imine (C=N–C) groups is 1. The molecule has 3 N–H and O–H groups in total. The molecule has 0 saturated carbocycles. The van der Waals surface area contributed by atoms with Crippen molar-refractivity contribution in [2.24, 2.45) is 10.7 Å². The van der Waals surface area contributed by atoms with Crippen molar-refractivity contribution < 1.29 is 9.59 Å². The van der Waals surface area contributed by atoms with Gasteiger partial charge in [-0.1, -0.05) is 6.92 Å². The van der Waals surface area contributed by atoms with Crippen LogP contribution in [0.2, 0.25) is 0 Å². The van der Waals surface area contributed by atoms with Gasteiger partial charge in [-0.2, -0.15) is 4.99 Å². The summed E-state index contributed by atoms with van der Waals surface area (Å²) in [5.74, 6) is -0.486. The van der Waals surface area contributed by atoms with Crippen molar-refractivity contribution in [3.05, 3.63) is 0 Å². The first-order valence-corrected chi connectivity index (χ1v) is 4.16. The number of nitrogens with zero attached hydrogens (tertiary/aromatic N) is 1. The average molecular weight is 183 g/mol. The smallest absolute Gasteiger partial charge is 0.256 e. The second kappa shape index (κ2) is 3.26. The number of amides is 2. The van der Waals surface area contributed by atoms with Crippen molar-refractivity contribution in [3.63, 3.8) is 0 Å². The maximum atomic E-state index is 11.0. The molecule has 1 aliphatic heterocycles. The van der Waals surface area contributed by atoms with Crippen molar-refractivity contribution in [2.45, 2.75) is 32.2 Å². The minimum atomic E-state index is -0.730. The number of carbonyl (C=O) groups excluding carboxylic acids is 2. The van der Waals surface area contributed by atoms with Gasteiger partial charge in [-0.05, 0) is 13.3 Å². The normalized spacial score (nSPS) is 21.9. The molecule has 1 aliphatic rings. The number of nitrogens with one attached hydrogen (secondary N) is 1. The van der Waals surface area contributed by atoms with E-state index in [4.69, 9.17) is 5.73 Å². The van der Waals surface area contributed by atoms with E-state index in [1.807, 2.05) is 6.92 Å². The number of hydrogen-bond donors (Lipinski definition) is 2. The van der Waals surface area contributed by atoms with Crippen LogP contribution >= 0.6 is 0 Å². The van der Waals surface area contributed by atoms with Gasteiger partial charge in [0.25, 0.3) is 5.91 Å². The lowest BCUT2D eigenvalue weighted by molar-refractivity contribution is -0.127. The van der Waals surface area contributed by atoms with Crippen molar-refractivity contribution >= 4 is 17.6 Å². The molecule has 13 heavy (non-hydrogen) atoms. The third-order valence-electron chi connectivity index (χ3n) is 2.08. The monoisotopic (exact) mass is 183 g/mol. The van der Waals surface area contributed by atoms with Crippen LogP contribution < -0.4 is 11.1 Å². The zero-order valence-corrected chi connectivity index (χ0v) is 7.76. The summed E-state index contributed by atoms with van der Waals surface area (Å²) in [7, 11) is 0. The Morgan fingerprint density at radius 3 is 2.69 bits per heavy atom. The summed E-state index contributed by atoms with van der Waals surface area (Å²) in [6.45, 7) is 3.60. The van der Waals surface area contributed by atoms with E-state index >= 15 is 0 Å². The van der Waals surface area contributed by atoms with Gasteiger partial charge in [0.05, 0.1) is 5.54 Å². The van der Waals surface area contributed by atoms with Crippen LogP contribution in [0.5, 0.6) is 0 Å². The quantitative estimate of drug-likeness (QED) is 0.569. The van der Waals surface area contributed by atoms with E-state index in [1.54, 1.807) is 6.92 Å². The average Bonchev–Trinajstić information content (AvgIpc) is 2.02. The van der Waals surface area contributed by atoms with Crippen LogP contribution in [0.4, 0.5) is 0 Å². The number of nitrogens with two attached hydrogens (primary N) is 1. The number of carbonyl (C=O) groups is 2. The van der Waals surface area contributed by atoms with Gasteiger partial charge in [0, 0.05) is 0 Å². The second-order valence-electron chi connectivity index (χ2n) is 3.35. The molecule has 5 nitrogen and oxygen atoms in total. The summed E-state index contributed by atoms with van der Waals surface area (Å²) in [6.07, 6.45) is 0.433. The molecule has 0 radical (unpaired) electrons. The molecule has 72 valence electrons. The van der Waals surface area contributed by atoms with Crippen molar-refractivity contribution in [1.29, 1.82) is 0 Å². The van der Waals surface area contributed by atoms with Crippen molar-refractivity contribution in [3.8, 4) is 0 Å². The lowest BCUT2D eigenvalue weighted by atomic mass is 9.98. The van der Waals surface area contributed by atoms with Crippen molar-refractivity contribution in [2.75, 3.05) is 0 Å². The second-order valence-corrected chi connectivity index (χ2v) is 3.35. The molecule has 0 aromatic carbocycles. The van der Waals surface area contributed by atoms with Crippen LogP contribution in [0.15, 0.2) is 4.99 Å². The highest BCUT2D eigenvalue weighted by molar-refractivity contribution is 6.16. The molecular weight excluding hydrogens is 170 g/mol. The maximum Gasteiger partial charge on any atom is 0.256 e. The fourth-order valence-corrected chi connectivity index (χ4v) is 0.944. The van der Waals surface area contributed by atoms with Gasteiger partial charge in [0.15, 0.2) is 0 Å². The highest BCUT2D eigenvalue weighted by atomic mass is 16.2. The first-order valence-electron chi connectivity index (χ1n) is 4.16. The Morgan fingerprint density at radius 2 is 2.23 bits per heavy atom. The zero-order valence-electron chi connectivity index (χ0n) is 7.76. The first-order chi connectivity index (χ1) is 5.95. The zero-order chi connectivity index (χ0) is 10.1. The first kappa shape index (κ1) is 9.85. The molecule has 0 saturated heterocycles. The van der Waals surface area contributed by atoms with Crippen molar-refractivity contribution in [1.82, 2.24) is 5.32 Å². The molecule has 1 unspecified atom stereocenters. The summed E-state index contributed by atoms with van der Waals surface area (Å²) < 4.78 is 0. The van der Waals surface area contributed by atoms with Gasteiger partial charge < -0.3 is 11.1 Å². The molecule has 0 aromatic rings. The standard InChI is InChI=1S/C8H13N3O2/c1-3-8(2,9)7-10-5(12)4-6(13)11-7/h3-4,9H2,1-2H3,(H,10,11,12,13). The Labute approximate surface area is 76.4 Å². The molecule has 1 atom stereocenters. The van der Waals surface area contributed by atoms with E-state index in [-0.39, 0.29) is 18.2 Å². The van der Waals surface area contributed by atoms with Crippen LogP contribution in [-0.4, -0.2) is 23.2 Å². The topological polar surface area (TPSA) is 84.5 Å². The van der Waals surface area contributed by atoms with Gasteiger partial charge in [-0.25, -0.2) is 0 Å². The maximum absolute atomic E-state index is 11.0. The van der Waals surface area contributed by atoms with Gasteiger partial charge in [-0.3, -0.25) is 9.59 Å². The Bertz CT molecular complexity index is 281. The predicted molar refractivity (Wildman–Crippen MR) is 48.1 cm³/mol. The molecule has 1 heterocycles. The lowest BCUT2D eigenvalue weighted by Crippen LogP contribution is -2.55. The van der Waals surface area contributed by atoms with E-state index in [9.17, 15) is 9.59 Å². The Hall–Kier alpha value is -1.23. The molecule has 0 bridgehead atoms. The van der Waals surface area contributed by atoms with E-state index in [2.05, 4.69) is 10.3 Å². The number of amidine groups is 1. The Kier molecular flexibility index (Phi) is 2.47. The van der Waals surface area contributed by atoms with E-state index in [1.165, 1.54) is 0 Å². The minimum Gasteiger partial charge on any atom is -0.319 e. The fraction of sp³-hybridized carbons (Fsp3) is 0.625. The number of hydrogen-bond acceptors (Lipinski definition) is 3. The Balaban J connectivity index is 2.92. The largest absolute Gasteiger partial charge is 0.319 e. The summed E-state index contributed by atoms with van der Waals surface area (Å²) in [5, 5.41) is 2.50. The SMILES string of the molecule is CCC(C)(N)C1=NC(=O)CC(=O)N1. The summed E-state index contributed by atoms with van der Waals surface area (Å²) in [6, 6.07) is 0. The molecule has 1 rings (SSSR count). The van der Waals surface area contributed by atoms with E-state index < -0.39 is 11.4 Å². The van der Waals surface area contributed by atoms with E-state index in [0.717, 1.165) is 0 Å². The van der Waals surface area contributed by atoms with E-state index in [0.29, 0.717) is 6.42 Å². The molecule has 0 spiro atoms. The van der Waals surface area contributed by atoms with Crippen LogP contribution in [0.1, 0.15) is 26.7 Å². The summed E-state index contributed by atoms with van der Waals surface area (Å²) in [4.78, 5) is 25.6. The van der Waals surface area contributed by atoms with Gasteiger partial charge in [-0.15, -0.1) is 0 Å². The van der Waals surface area contributed by atoms with Crippen LogP contribution in [0.3, 0.4) is 0 Å². The predicted octanol–water partition coefficient (Wildman–Crippen LogP) is -0.441. The highest BCUT2D eigenvalue weighted by Crippen LogP contribution is 2.09. The highest BCUT2D eigenvalue weighted by Gasteiger charge is 2.29. The minimum absolute atomic E-state index is 0.177. The molecule has 0 aliphatic carbocycles. The molecule has 0 aromatic heterocycles.